The normalized spacial score (nSPS) is 25.6. The van der Waals surface area contributed by atoms with Crippen LogP contribution >= 0.6 is 12.2 Å². The van der Waals surface area contributed by atoms with Crippen LogP contribution in [0.3, 0.4) is 0 Å². The number of carbonyl (C=O) groups excluding carboxylic acids is 1. The van der Waals surface area contributed by atoms with Gasteiger partial charge in [-0.1, -0.05) is 68.9 Å². The van der Waals surface area contributed by atoms with Gasteiger partial charge in [-0.25, -0.2) is 0 Å². The largest absolute Gasteiger partial charge is 0.353 e. The van der Waals surface area contributed by atoms with E-state index in [-0.39, 0.29) is 18.0 Å². The highest BCUT2D eigenvalue weighted by Gasteiger charge is 2.42. The van der Waals surface area contributed by atoms with Crippen molar-refractivity contribution in [3.8, 4) is 0 Å². The molecule has 2 atom stereocenters. The number of nitrogens with one attached hydrogen (secondary N) is 2. The standard InChI is InChI=1S/C27H42N4OS/c1-21-10-12-23(13-11-21)19-31-17-16-30(20-27(31)14-6-3-7-15-27)26(33)28-18-25(32)29-24-9-5-4-8-22(24)2/h10-13,22,24H,3-9,14-20H2,1-2H3,(H,28,33)(H,29,32)/t22-,24+/m1/s1. The first-order valence-electron chi connectivity index (χ1n) is 13.1. The molecule has 1 saturated heterocycles. The molecule has 1 spiro atoms. The molecule has 2 saturated carbocycles. The molecule has 182 valence electrons. The Balaban J connectivity index is 1.32. The highest BCUT2D eigenvalue weighted by atomic mass is 32.1. The van der Waals surface area contributed by atoms with E-state index in [1.54, 1.807) is 0 Å². The summed E-state index contributed by atoms with van der Waals surface area (Å²) >= 11 is 5.77. The van der Waals surface area contributed by atoms with Crippen LogP contribution < -0.4 is 10.6 Å². The molecule has 0 bridgehead atoms. The molecule has 1 aromatic carbocycles. The molecule has 3 aliphatic rings. The van der Waals surface area contributed by atoms with Gasteiger partial charge in [0.1, 0.15) is 0 Å². The highest BCUT2D eigenvalue weighted by molar-refractivity contribution is 7.80. The molecule has 5 nitrogen and oxygen atoms in total. The van der Waals surface area contributed by atoms with Gasteiger partial charge in [-0.15, -0.1) is 0 Å². The van der Waals surface area contributed by atoms with Crippen LogP contribution in [-0.2, 0) is 11.3 Å². The van der Waals surface area contributed by atoms with Crippen molar-refractivity contribution >= 4 is 23.2 Å². The van der Waals surface area contributed by atoms with E-state index in [0.717, 1.165) is 37.7 Å². The third-order valence-corrected chi connectivity index (χ3v) is 8.62. The van der Waals surface area contributed by atoms with Crippen molar-refractivity contribution in [2.24, 2.45) is 5.92 Å². The first-order valence-corrected chi connectivity index (χ1v) is 13.5. The van der Waals surface area contributed by atoms with Crippen LogP contribution in [0.15, 0.2) is 24.3 Å². The Labute approximate surface area is 205 Å². The van der Waals surface area contributed by atoms with Crippen molar-refractivity contribution in [2.75, 3.05) is 26.2 Å². The minimum atomic E-state index is 0.0708. The van der Waals surface area contributed by atoms with Gasteiger partial charge >= 0.3 is 0 Å². The SMILES string of the molecule is Cc1ccc(CN2CCN(C(=S)NCC(=O)N[C@H]3CCCC[C@H]3C)CC23CCCCC3)cc1. The summed E-state index contributed by atoms with van der Waals surface area (Å²) in [5.41, 5.74) is 2.90. The molecule has 0 aromatic heterocycles. The van der Waals surface area contributed by atoms with E-state index in [9.17, 15) is 4.79 Å². The van der Waals surface area contributed by atoms with Gasteiger partial charge in [0.15, 0.2) is 5.11 Å². The quantitative estimate of drug-likeness (QED) is 0.625. The van der Waals surface area contributed by atoms with E-state index < -0.39 is 0 Å². The van der Waals surface area contributed by atoms with Crippen LogP contribution in [-0.4, -0.2) is 58.6 Å². The van der Waals surface area contributed by atoms with E-state index in [4.69, 9.17) is 12.2 Å². The molecule has 0 unspecified atom stereocenters. The summed E-state index contributed by atoms with van der Waals surface area (Å²) in [5.74, 6) is 0.643. The summed E-state index contributed by atoms with van der Waals surface area (Å²) in [6.45, 7) is 8.58. The van der Waals surface area contributed by atoms with Crippen molar-refractivity contribution in [1.82, 2.24) is 20.4 Å². The number of thiocarbonyl (C=S) groups is 1. The summed E-state index contributed by atoms with van der Waals surface area (Å²) in [6.07, 6.45) is 11.2. The van der Waals surface area contributed by atoms with E-state index in [1.165, 1.54) is 62.5 Å². The molecule has 2 N–H and O–H groups in total. The van der Waals surface area contributed by atoms with Gasteiger partial charge in [-0.05, 0) is 56.3 Å². The molecule has 1 heterocycles. The Bertz CT molecular complexity index is 805. The Hall–Kier alpha value is -1.66. The minimum Gasteiger partial charge on any atom is -0.353 e. The van der Waals surface area contributed by atoms with E-state index in [1.807, 2.05) is 0 Å². The molecule has 1 amide bonds. The Morgan fingerprint density at radius 3 is 2.52 bits per heavy atom. The fraction of sp³-hybridized carbons (Fsp3) is 0.704. The lowest BCUT2D eigenvalue weighted by atomic mass is 9.78. The lowest BCUT2D eigenvalue weighted by Gasteiger charge is -2.53. The van der Waals surface area contributed by atoms with Crippen molar-refractivity contribution in [1.29, 1.82) is 0 Å². The Kier molecular flexibility index (Phi) is 8.29. The van der Waals surface area contributed by atoms with Crippen molar-refractivity contribution in [3.63, 3.8) is 0 Å². The van der Waals surface area contributed by atoms with Gasteiger partial charge in [-0.3, -0.25) is 9.69 Å². The van der Waals surface area contributed by atoms with Gasteiger partial charge in [0.05, 0.1) is 6.54 Å². The lowest BCUT2D eigenvalue weighted by Crippen LogP contribution is -2.64. The summed E-state index contributed by atoms with van der Waals surface area (Å²) in [6, 6.07) is 9.30. The topological polar surface area (TPSA) is 47.6 Å². The van der Waals surface area contributed by atoms with Gasteiger partial charge in [-0.2, -0.15) is 0 Å². The summed E-state index contributed by atoms with van der Waals surface area (Å²) in [7, 11) is 0. The number of hydrogen-bond acceptors (Lipinski definition) is 3. The zero-order valence-corrected chi connectivity index (χ0v) is 21.4. The predicted octanol–water partition coefficient (Wildman–Crippen LogP) is 4.38. The number of benzene rings is 1. The van der Waals surface area contributed by atoms with Gasteiger partial charge < -0.3 is 15.5 Å². The number of nitrogens with zero attached hydrogens (tertiary/aromatic N) is 2. The molecule has 3 fully saturated rings. The van der Waals surface area contributed by atoms with Crippen LogP contribution in [0.5, 0.6) is 0 Å². The Morgan fingerprint density at radius 2 is 1.79 bits per heavy atom. The van der Waals surface area contributed by atoms with E-state index in [2.05, 4.69) is 58.5 Å². The molecule has 1 aromatic rings. The van der Waals surface area contributed by atoms with Gasteiger partial charge in [0.25, 0.3) is 0 Å². The number of hydrogen-bond donors (Lipinski definition) is 2. The third-order valence-electron chi connectivity index (χ3n) is 8.22. The van der Waals surface area contributed by atoms with Crippen LogP contribution in [0.25, 0.3) is 0 Å². The van der Waals surface area contributed by atoms with Crippen LogP contribution in [0.4, 0.5) is 0 Å². The first kappa shape index (κ1) is 24.5. The predicted molar refractivity (Wildman–Crippen MR) is 139 cm³/mol. The number of carbonyl (C=O) groups is 1. The molecule has 1 aliphatic heterocycles. The maximum absolute atomic E-state index is 12.6. The lowest BCUT2D eigenvalue weighted by molar-refractivity contribution is -0.121. The second-order valence-electron chi connectivity index (χ2n) is 10.7. The fourth-order valence-corrected chi connectivity index (χ4v) is 6.32. The molecule has 0 radical (unpaired) electrons. The third kappa shape index (κ3) is 6.27. The van der Waals surface area contributed by atoms with Crippen molar-refractivity contribution in [2.45, 2.75) is 89.8 Å². The summed E-state index contributed by atoms with van der Waals surface area (Å²) < 4.78 is 0. The number of piperazine rings is 1. The number of aryl methyl sites for hydroxylation is 1. The van der Waals surface area contributed by atoms with Gasteiger partial charge in [0.2, 0.25) is 5.91 Å². The molecule has 2 aliphatic carbocycles. The molecular weight excluding hydrogens is 428 g/mol. The minimum absolute atomic E-state index is 0.0708. The fourth-order valence-electron chi connectivity index (χ4n) is 6.09. The molecule has 33 heavy (non-hydrogen) atoms. The Morgan fingerprint density at radius 1 is 1.06 bits per heavy atom. The smallest absolute Gasteiger partial charge is 0.239 e. The maximum atomic E-state index is 12.6. The average molecular weight is 471 g/mol. The second-order valence-corrected chi connectivity index (χ2v) is 11.1. The molecular formula is C27H42N4OS. The van der Waals surface area contributed by atoms with Crippen molar-refractivity contribution in [3.05, 3.63) is 35.4 Å². The van der Waals surface area contributed by atoms with Gasteiger partial charge in [0, 0.05) is 37.8 Å². The van der Waals surface area contributed by atoms with Crippen LogP contribution in [0.1, 0.15) is 75.8 Å². The molecule has 4 rings (SSSR count). The van der Waals surface area contributed by atoms with E-state index >= 15 is 0 Å². The zero-order chi connectivity index (χ0) is 23.3. The van der Waals surface area contributed by atoms with Crippen LogP contribution in [0.2, 0.25) is 0 Å². The summed E-state index contributed by atoms with van der Waals surface area (Å²) in [4.78, 5) is 17.6. The van der Waals surface area contributed by atoms with Crippen LogP contribution in [0, 0.1) is 12.8 Å². The first-order chi connectivity index (χ1) is 15.9. The van der Waals surface area contributed by atoms with Crippen molar-refractivity contribution < 1.29 is 4.79 Å². The summed E-state index contributed by atoms with van der Waals surface area (Å²) in [5, 5.41) is 7.25. The zero-order valence-electron chi connectivity index (χ0n) is 20.6. The molecule has 6 heteroatoms. The number of amides is 1. The second kappa shape index (κ2) is 11.2. The average Bonchev–Trinajstić information content (AvgIpc) is 2.82. The van der Waals surface area contributed by atoms with E-state index in [0.29, 0.717) is 12.0 Å². The maximum Gasteiger partial charge on any atom is 0.239 e. The highest BCUT2D eigenvalue weighted by Crippen LogP contribution is 2.37. The monoisotopic (exact) mass is 470 g/mol. The number of rotatable bonds is 5.